The normalized spacial score (nSPS) is 68.0. The summed E-state index contributed by atoms with van der Waals surface area (Å²) < 4.78 is 6.52. The predicted octanol–water partition coefficient (Wildman–Crippen LogP) is -0.526. The zero-order chi connectivity index (χ0) is 25.9. The largest absolute Gasteiger partial charge is 0.390 e. The second-order valence-electron chi connectivity index (χ2n) is 14.3. The van der Waals surface area contributed by atoms with Crippen LogP contribution in [-0.4, -0.2) is 106 Å². The van der Waals surface area contributed by atoms with Gasteiger partial charge >= 0.3 is 0 Å². The summed E-state index contributed by atoms with van der Waals surface area (Å²) in [5, 5.41) is 83.2. The molecule has 3 heterocycles. The van der Waals surface area contributed by atoms with Crippen LogP contribution in [-0.2, 0) is 4.74 Å². The van der Waals surface area contributed by atoms with E-state index in [0.717, 1.165) is 6.42 Å². The molecule has 7 N–H and O–H groups in total. The van der Waals surface area contributed by atoms with Gasteiger partial charge in [-0.3, -0.25) is 4.90 Å². The molecule has 36 heavy (non-hydrogen) atoms. The Morgan fingerprint density at radius 2 is 1.47 bits per heavy atom. The van der Waals surface area contributed by atoms with Gasteiger partial charge in [0.25, 0.3) is 0 Å². The van der Waals surface area contributed by atoms with E-state index in [1.54, 1.807) is 6.92 Å². The Hall–Kier alpha value is -0.360. The molecule has 3 saturated heterocycles. The van der Waals surface area contributed by atoms with Crippen LogP contribution in [0.5, 0.6) is 0 Å². The van der Waals surface area contributed by atoms with Crippen molar-refractivity contribution in [1.82, 2.24) is 4.90 Å². The van der Waals surface area contributed by atoms with Crippen molar-refractivity contribution in [3.05, 3.63) is 0 Å². The van der Waals surface area contributed by atoms with Crippen LogP contribution in [0.1, 0.15) is 72.1 Å². The van der Waals surface area contributed by atoms with E-state index >= 15 is 0 Å². The first-order chi connectivity index (χ1) is 16.6. The lowest BCUT2D eigenvalue weighted by molar-refractivity contribution is -0.354. The van der Waals surface area contributed by atoms with Gasteiger partial charge in [-0.2, -0.15) is 0 Å². The fourth-order valence-corrected chi connectivity index (χ4v) is 11.3. The highest BCUT2D eigenvalue weighted by Gasteiger charge is 2.88. The van der Waals surface area contributed by atoms with Gasteiger partial charge in [-0.05, 0) is 51.4 Å². The maximum Gasteiger partial charge on any atom is 0.196 e. The van der Waals surface area contributed by atoms with Crippen LogP contribution >= 0.6 is 0 Å². The van der Waals surface area contributed by atoms with E-state index in [4.69, 9.17) is 4.74 Å². The lowest BCUT2D eigenvalue weighted by atomic mass is 9.49. The van der Waals surface area contributed by atoms with Gasteiger partial charge in [-0.15, -0.1) is 0 Å². The number of fused-ring (bicyclic) bond motifs is 5. The SMILES string of the molecule is C[C@@H]1CC[C@@H]2N(C1)C[C@@H]1[C@@](O)([C@H](O)C[C@]3(O)[C@@H]4CC[C@H]5[C@]6(O)O[C@]4(C[C@]13O)[C@]5(C)CC[C@H]6O)[C@]2(C)O. The van der Waals surface area contributed by atoms with Crippen molar-refractivity contribution in [2.24, 2.45) is 29.1 Å². The van der Waals surface area contributed by atoms with Gasteiger partial charge in [0, 0.05) is 55.1 Å². The lowest BCUT2D eigenvalue weighted by Crippen LogP contribution is -2.85. The van der Waals surface area contributed by atoms with E-state index in [1.807, 2.05) is 6.92 Å². The second-order valence-corrected chi connectivity index (χ2v) is 14.3. The molecule has 7 rings (SSSR count). The van der Waals surface area contributed by atoms with Gasteiger partial charge in [0.2, 0.25) is 0 Å². The molecule has 9 heteroatoms. The molecule has 4 saturated carbocycles. The van der Waals surface area contributed by atoms with Gasteiger partial charge in [0.15, 0.2) is 5.79 Å². The summed E-state index contributed by atoms with van der Waals surface area (Å²) in [6, 6.07) is -0.360. The second kappa shape index (κ2) is 6.67. The number of ether oxygens (including phenoxy) is 1. The maximum absolute atomic E-state index is 12.7. The average Bonchev–Trinajstić information content (AvgIpc) is 2.97. The number of aliphatic hydroxyl groups excluding tert-OH is 2. The third kappa shape index (κ3) is 2.27. The first-order valence-corrected chi connectivity index (χ1v) is 14.0. The molecule has 0 aromatic heterocycles. The molecule has 0 radical (unpaired) electrons. The van der Waals surface area contributed by atoms with Crippen molar-refractivity contribution in [1.29, 1.82) is 0 Å². The Balaban J connectivity index is 1.39. The van der Waals surface area contributed by atoms with Crippen LogP contribution in [0.15, 0.2) is 0 Å². The van der Waals surface area contributed by atoms with Crippen LogP contribution in [0.25, 0.3) is 0 Å². The third-order valence-electron chi connectivity index (χ3n) is 13.1. The zero-order valence-corrected chi connectivity index (χ0v) is 21.6. The molecule has 4 aliphatic carbocycles. The molecule has 7 fully saturated rings. The number of hydrogen-bond donors (Lipinski definition) is 7. The van der Waals surface area contributed by atoms with Crippen LogP contribution in [0, 0.1) is 29.1 Å². The smallest absolute Gasteiger partial charge is 0.196 e. The van der Waals surface area contributed by atoms with Crippen molar-refractivity contribution in [2.75, 3.05) is 13.1 Å². The number of rotatable bonds is 0. The molecule has 1 spiro atoms. The number of hydrogen-bond acceptors (Lipinski definition) is 9. The monoisotopic (exact) mass is 509 g/mol. The Labute approximate surface area is 212 Å². The first-order valence-electron chi connectivity index (χ1n) is 14.0. The summed E-state index contributed by atoms with van der Waals surface area (Å²) in [6.07, 6.45) is 0.752. The number of aliphatic hydroxyl groups is 7. The Morgan fingerprint density at radius 3 is 2.19 bits per heavy atom. The molecule has 204 valence electrons. The van der Waals surface area contributed by atoms with Gasteiger partial charge in [-0.25, -0.2) is 0 Å². The minimum atomic E-state index is -2.02. The molecule has 0 amide bonds. The standard InChI is InChI=1S/C27H43NO8/c1-14-4-7-18-22(3,31)26(34)17(12-28(18)11-14)24(33)13-25-16(23(24,32)10-20(26)30)6-5-15-21(25,2)9-8-19(29)27(15,35)36-25/h14-20,29-35H,4-13H2,1-3H3/t14-,15-,16+,17+,18+,19-,20-,21-,22-,23+,24+,25+,26-,27+/m1/s1. The quantitative estimate of drug-likeness (QED) is 0.228. The summed E-state index contributed by atoms with van der Waals surface area (Å²) in [4.78, 5) is 2.12. The van der Waals surface area contributed by atoms with E-state index in [9.17, 15) is 35.7 Å². The van der Waals surface area contributed by atoms with Crippen molar-refractivity contribution in [2.45, 2.75) is 124 Å². The summed E-state index contributed by atoms with van der Waals surface area (Å²) in [6.45, 7) is 6.70. The van der Waals surface area contributed by atoms with E-state index < -0.39 is 63.3 Å². The van der Waals surface area contributed by atoms with Crippen molar-refractivity contribution in [3.63, 3.8) is 0 Å². The van der Waals surface area contributed by atoms with Crippen LogP contribution in [0.2, 0.25) is 0 Å². The predicted molar refractivity (Wildman–Crippen MR) is 126 cm³/mol. The lowest BCUT2D eigenvalue weighted by Gasteiger charge is -2.68. The minimum absolute atomic E-state index is 0.0208. The van der Waals surface area contributed by atoms with E-state index in [0.29, 0.717) is 44.6 Å². The molecular weight excluding hydrogens is 466 g/mol. The minimum Gasteiger partial charge on any atom is -0.390 e. The molecule has 9 nitrogen and oxygen atoms in total. The fourth-order valence-electron chi connectivity index (χ4n) is 11.3. The number of nitrogens with zero attached hydrogens (tertiary/aromatic N) is 1. The van der Waals surface area contributed by atoms with Gasteiger partial charge in [0.1, 0.15) is 28.5 Å². The molecule has 0 aromatic rings. The molecule has 4 bridgehead atoms. The molecule has 14 atom stereocenters. The van der Waals surface area contributed by atoms with Gasteiger partial charge in [0.05, 0.1) is 11.7 Å². The van der Waals surface area contributed by atoms with E-state index in [1.165, 1.54) is 0 Å². The van der Waals surface area contributed by atoms with E-state index in [-0.39, 0.29) is 31.3 Å². The molecular formula is C27H43NO8. The van der Waals surface area contributed by atoms with Crippen molar-refractivity contribution < 1.29 is 40.5 Å². The fraction of sp³-hybridized carbons (Fsp3) is 1.00. The van der Waals surface area contributed by atoms with Crippen LogP contribution in [0.3, 0.4) is 0 Å². The topological polar surface area (TPSA) is 154 Å². The molecule has 7 aliphatic rings. The Morgan fingerprint density at radius 1 is 0.778 bits per heavy atom. The highest BCUT2D eigenvalue weighted by molar-refractivity contribution is 5.37. The van der Waals surface area contributed by atoms with Gasteiger partial charge < -0.3 is 40.5 Å². The van der Waals surface area contributed by atoms with E-state index in [2.05, 4.69) is 11.8 Å². The summed E-state index contributed by atoms with van der Waals surface area (Å²) in [5.41, 5.74) is -9.07. The zero-order valence-electron chi connectivity index (χ0n) is 21.6. The van der Waals surface area contributed by atoms with Crippen molar-refractivity contribution in [3.8, 4) is 0 Å². The molecule has 3 aliphatic heterocycles. The van der Waals surface area contributed by atoms with Crippen LogP contribution in [0.4, 0.5) is 0 Å². The highest BCUT2D eigenvalue weighted by Crippen LogP contribution is 2.78. The summed E-state index contributed by atoms with van der Waals surface area (Å²) in [5.74, 6) is -3.30. The first kappa shape index (κ1) is 24.7. The average molecular weight is 510 g/mol. The third-order valence-corrected chi connectivity index (χ3v) is 13.1. The highest BCUT2D eigenvalue weighted by atomic mass is 16.7. The Kier molecular flexibility index (Phi) is 4.57. The molecule has 0 aromatic carbocycles. The number of piperidine rings is 2. The van der Waals surface area contributed by atoms with Crippen molar-refractivity contribution >= 4 is 0 Å². The Bertz CT molecular complexity index is 995. The van der Waals surface area contributed by atoms with Gasteiger partial charge in [-0.1, -0.05) is 13.8 Å². The summed E-state index contributed by atoms with van der Waals surface area (Å²) in [7, 11) is 0. The summed E-state index contributed by atoms with van der Waals surface area (Å²) >= 11 is 0. The maximum atomic E-state index is 12.7. The molecule has 0 unspecified atom stereocenters. The van der Waals surface area contributed by atoms with Crippen LogP contribution < -0.4 is 0 Å².